The Labute approximate surface area is 156 Å². The molecule has 0 spiro atoms. The molecule has 138 valence electrons. The van der Waals surface area contributed by atoms with Crippen LogP contribution in [0.4, 0.5) is 0 Å². The highest BCUT2D eigenvalue weighted by Gasteiger charge is 2.15. The second-order valence-electron chi connectivity index (χ2n) is 5.75. The first-order valence-corrected chi connectivity index (χ1v) is 8.29. The largest absolute Gasteiger partial charge is 0.507 e. The molecule has 1 heterocycles. The number of ether oxygens (including phenoxy) is 2. The maximum atomic E-state index is 12.2. The van der Waals surface area contributed by atoms with Crippen LogP contribution in [0.25, 0.3) is 10.9 Å². The van der Waals surface area contributed by atoms with E-state index in [1.54, 1.807) is 31.3 Å². The Morgan fingerprint density at radius 2 is 2.07 bits per heavy atom. The summed E-state index contributed by atoms with van der Waals surface area (Å²) in [5.41, 5.74) is 3.50. The van der Waals surface area contributed by atoms with Crippen molar-refractivity contribution in [3.05, 3.63) is 60.3 Å². The van der Waals surface area contributed by atoms with E-state index in [4.69, 9.17) is 9.47 Å². The number of pyridine rings is 1. The number of para-hydroxylation sites is 1. The summed E-state index contributed by atoms with van der Waals surface area (Å²) >= 11 is 0. The number of fused-ring (bicyclic) bond motifs is 1. The highest BCUT2D eigenvalue weighted by molar-refractivity contribution is 5.87. The Bertz CT molecular complexity index is 983. The topological polar surface area (TPSA) is 93.0 Å². The number of carbonyl (C=O) groups excluding carboxylic acids is 1. The Morgan fingerprint density at radius 3 is 2.89 bits per heavy atom. The van der Waals surface area contributed by atoms with Crippen LogP contribution in [0.5, 0.6) is 17.2 Å². The van der Waals surface area contributed by atoms with E-state index in [0.29, 0.717) is 22.6 Å². The number of methoxy groups -OCH3 is 1. The van der Waals surface area contributed by atoms with E-state index in [1.807, 2.05) is 24.3 Å². The van der Waals surface area contributed by atoms with E-state index in [0.717, 1.165) is 5.39 Å². The first-order chi connectivity index (χ1) is 13.1. The monoisotopic (exact) mass is 365 g/mol. The normalized spacial score (nSPS) is 12.1. The van der Waals surface area contributed by atoms with Gasteiger partial charge in [-0.3, -0.25) is 9.78 Å². The highest BCUT2D eigenvalue weighted by atomic mass is 16.5. The molecule has 2 aromatic carbocycles. The quantitative estimate of drug-likeness (QED) is 0.518. The number of hydrogen-bond donors (Lipinski definition) is 2. The van der Waals surface area contributed by atoms with Crippen LogP contribution >= 0.6 is 0 Å². The number of hydrogen-bond acceptors (Lipinski definition) is 6. The molecule has 0 aliphatic carbocycles. The minimum Gasteiger partial charge on any atom is -0.507 e. The summed E-state index contributed by atoms with van der Waals surface area (Å²) < 4.78 is 10.8. The lowest BCUT2D eigenvalue weighted by atomic mass is 10.2. The van der Waals surface area contributed by atoms with Gasteiger partial charge in [0.2, 0.25) is 0 Å². The molecule has 7 nitrogen and oxygen atoms in total. The molecule has 1 amide bonds. The molecular formula is C20H19N3O4. The number of nitrogens with one attached hydrogen (secondary N) is 1. The average Bonchev–Trinajstić information content (AvgIpc) is 2.69. The second kappa shape index (κ2) is 8.18. The first kappa shape index (κ1) is 18.2. The van der Waals surface area contributed by atoms with E-state index in [2.05, 4.69) is 15.5 Å². The molecule has 2 N–H and O–H groups in total. The van der Waals surface area contributed by atoms with Gasteiger partial charge in [-0.15, -0.1) is 0 Å². The molecule has 0 aliphatic heterocycles. The predicted molar refractivity (Wildman–Crippen MR) is 102 cm³/mol. The lowest BCUT2D eigenvalue weighted by Crippen LogP contribution is -2.33. The fourth-order valence-electron chi connectivity index (χ4n) is 2.43. The van der Waals surface area contributed by atoms with Crippen LogP contribution in [0.1, 0.15) is 12.5 Å². The zero-order valence-electron chi connectivity index (χ0n) is 14.9. The molecule has 0 saturated heterocycles. The Hall–Kier alpha value is -3.61. The molecule has 0 saturated carbocycles. The Balaban J connectivity index is 1.66. The van der Waals surface area contributed by atoms with Crippen molar-refractivity contribution < 1.29 is 19.4 Å². The van der Waals surface area contributed by atoms with Crippen LogP contribution in [0.15, 0.2) is 59.8 Å². The lowest BCUT2D eigenvalue weighted by Gasteiger charge is -2.14. The van der Waals surface area contributed by atoms with E-state index in [9.17, 15) is 9.90 Å². The summed E-state index contributed by atoms with van der Waals surface area (Å²) in [7, 11) is 1.52. The molecule has 3 rings (SSSR count). The Kier molecular flexibility index (Phi) is 5.51. The van der Waals surface area contributed by atoms with Gasteiger partial charge < -0.3 is 14.6 Å². The molecule has 3 aromatic rings. The second-order valence-corrected chi connectivity index (χ2v) is 5.75. The molecule has 0 radical (unpaired) electrons. The smallest absolute Gasteiger partial charge is 0.280 e. The van der Waals surface area contributed by atoms with Gasteiger partial charge in [-0.1, -0.05) is 18.2 Å². The van der Waals surface area contributed by atoms with E-state index in [-0.39, 0.29) is 5.75 Å². The maximum absolute atomic E-state index is 12.2. The minimum absolute atomic E-state index is 0.0277. The maximum Gasteiger partial charge on any atom is 0.280 e. The third-order valence-corrected chi connectivity index (χ3v) is 3.88. The zero-order chi connectivity index (χ0) is 19.2. The minimum atomic E-state index is -0.784. The van der Waals surface area contributed by atoms with Crippen molar-refractivity contribution in [3.63, 3.8) is 0 Å². The van der Waals surface area contributed by atoms with Crippen molar-refractivity contribution in [3.8, 4) is 17.2 Å². The molecular weight excluding hydrogens is 346 g/mol. The van der Waals surface area contributed by atoms with Crippen LogP contribution < -0.4 is 14.9 Å². The molecule has 0 bridgehead atoms. The zero-order valence-corrected chi connectivity index (χ0v) is 14.9. The first-order valence-electron chi connectivity index (χ1n) is 8.29. The summed E-state index contributed by atoms with van der Waals surface area (Å²) in [4.78, 5) is 16.5. The summed E-state index contributed by atoms with van der Waals surface area (Å²) in [6, 6.07) is 14.0. The van der Waals surface area contributed by atoms with Crippen molar-refractivity contribution >= 4 is 23.0 Å². The van der Waals surface area contributed by atoms with Gasteiger partial charge in [-0.25, -0.2) is 5.43 Å². The van der Waals surface area contributed by atoms with Gasteiger partial charge >= 0.3 is 0 Å². The number of amides is 1. The number of hydrazone groups is 1. The van der Waals surface area contributed by atoms with Crippen LogP contribution in [0, 0.1) is 0 Å². The summed E-state index contributed by atoms with van der Waals surface area (Å²) in [5.74, 6) is 0.687. The highest BCUT2D eigenvalue weighted by Crippen LogP contribution is 2.24. The SMILES string of the molecule is COc1ccc(O)c(/C=N\NC(=O)[C@@H](C)Oc2cccc3cccnc23)c1. The number of carbonyl (C=O) groups is 1. The number of rotatable bonds is 6. The predicted octanol–water partition coefficient (Wildman–Crippen LogP) is 2.87. The van der Waals surface area contributed by atoms with Gasteiger partial charge in [-0.05, 0) is 37.3 Å². The Morgan fingerprint density at radius 1 is 1.26 bits per heavy atom. The van der Waals surface area contributed by atoms with Crippen molar-refractivity contribution in [1.29, 1.82) is 0 Å². The summed E-state index contributed by atoms with van der Waals surface area (Å²) in [6.45, 7) is 1.62. The fraction of sp³-hybridized carbons (Fsp3) is 0.150. The van der Waals surface area contributed by atoms with Crippen molar-refractivity contribution in [1.82, 2.24) is 10.4 Å². The van der Waals surface area contributed by atoms with Crippen molar-refractivity contribution in [2.45, 2.75) is 13.0 Å². The van der Waals surface area contributed by atoms with E-state index in [1.165, 1.54) is 19.4 Å². The molecule has 0 fully saturated rings. The van der Waals surface area contributed by atoms with Gasteiger partial charge in [0.25, 0.3) is 5.91 Å². The molecule has 0 unspecified atom stereocenters. The van der Waals surface area contributed by atoms with Gasteiger partial charge in [0.05, 0.1) is 13.3 Å². The van der Waals surface area contributed by atoms with Crippen molar-refractivity contribution in [2.75, 3.05) is 7.11 Å². The average molecular weight is 365 g/mol. The van der Waals surface area contributed by atoms with Gasteiger partial charge in [0, 0.05) is 17.1 Å². The van der Waals surface area contributed by atoms with E-state index < -0.39 is 12.0 Å². The summed E-state index contributed by atoms with van der Waals surface area (Å²) in [5, 5.41) is 14.6. The molecule has 27 heavy (non-hydrogen) atoms. The molecule has 0 aliphatic rings. The number of aromatic hydroxyl groups is 1. The fourth-order valence-corrected chi connectivity index (χ4v) is 2.43. The third-order valence-electron chi connectivity index (χ3n) is 3.88. The van der Waals surface area contributed by atoms with Crippen LogP contribution in [-0.2, 0) is 4.79 Å². The molecule has 7 heteroatoms. The number of phenols is 1. The van der Waals surface area contributed by atoms with Crippen LogP contribution in [-0.4, -0.2) is 35.4 Å². The number of benzene rings is 2. The standard InChI is InChI=1S/C20H19N3O4/c1-13(27-18-7-3-5-14-6-4-10-21-19(14)18)20(25)23-22-12-15-11-16(26-2)8-9-17(15)24/h3-13,24H,1-2H3,(H,23,25)/b22-12-/t13-/m1/s1. The van der Waals surface area contributed by atoms with Crippen LogP contribution in [0.2, 0.25) is 0 Å². The van der Waals surface area contributed by atoms with Gasteiger partial charge in [0.1, 0.15) is 22.8 Å². The van der Waals surface area contributed by atoms with Gasteiger partial charge in [0.15, 0.2) is 6.10 Å². The van der Waals surface area contributed by atoms with Crippen molar-refractivity contribution in [2.24, 2.45) is 5.10 Å². The summed E-state index contributed by atoms with van der Waals surface area (Å²) in [6.07, 6.45) is 2.22. The number of phenolic OH excluding ortho intramolecular Hbond substituents is 1. The molecule has 1 atom stereocenters. The number of nitrogens with zero attached hydrogens (tertiary/aromatic N) is 2. The van der Waals surface area contributed by atoms with Gasteiger partial charge in [-0.2, -0.15) is 5.10 Å². The number of aromatic nitrogens is 1. The van der Waals surface area contributed by atoms with E-state index >= 15 is 0 Å². The third kappa shape index (κ3) is 4.33. The van der Waals surface area contributed by atoms with Crippen LogP contribution in [0.3, 0.4) is 0 Å². The lowest BCUT2D eigenvalue weighted by molar-refractivity contribution is -0.127. The molecule has 1 aromatic heterocycles.